The van der Waals surface area contributed by atoms with Gasteiger partial charge in [0.15, 0.2) is 0 Å². The zero-order valence-corrected chi connectivity index (χ0v) is 11.7. The Hall–Kier alpha value is -1.97. The molecule has 20 heavy (non-hydrogen) atoms. The molecule has 0 aromatic carbocycles. The summed E-state index contributed by atoms with van der Waals surface area (Å²) >= 11 is 0. The molecular formula is C14H19N5O. The minimum atomic E-state index is 0.156. The summed E-state index contributed by atoms with van der Waals surface area (Å²) in [6.45, 7) is 4.32. The Morgan fingerprint density at radius 1 is 1.55 bits per heavy atom. The van der Waals surface area contributed by atoms with Gasteiger partial charge in [0.2, 0.25) is 5.91 Å². The highest BCUT2D eigenvalue weighted by molar-refractivity contribution is 5.78. The van der Waals surface area contributed by atoms with Gasteiger partial charge in [-0.15, -0.1) is 0 Å². The van der Waals surface area contributed by atoms with Crippen LogP contribution in [0.25, 0.3) is 0 Å². The monoisotopic (exact) mass is 273 g/mol. The predicted octanol–water partition coefficient (Wildman–Crippen LogP) is -0.183. The molecule has 1 aliphatic rings. The largest absolute Gasteiger partial charge is 0.339 e. The van der Waals surface area contributed by atoms with E-state index in [2.05, 4.69) is 10.3 Å². The van der Waals surface area contributed by atoms with Crippen LogP contribution < -0.4 is 5.32 Å². The fourth-order valence-electron chi connectivity index (χ4n) is 2.25. The molecule has 1 aromatic rings. The van der Waals surface area contributed by atoms with Gasteiger partial charge in [-0.2, -0.15) is 5.26 Å². The lowest BCUT2D eigenvalue weighted by molar-refractivity contribution is -0.132. The maximum Gasteiger partial charge on any atom is 0.236 e. The first-order chi connectivity index (χ1) is 9.69. The topological polar surface area (TPSA) is 72.3 Å². The van der Waals surface area contributed by atoms with Gasteiger partial charge < -0.3 is 10.2 Å². The lowest BCUT2D eigenvalue weighted by atomic mass is 10.2. The van der Waals surface area contributed by atoms with Crippen LogP contribution in [0.5, 0.6) is 0 Å². The molecule has 0 aliphatic carbocycles. The third-order valence-electron chi connectivity index (χ3n) is 3.27. The summed E-state index contributed by atoms with van der Waals surface area (Å²) in [5.74, 6) is 0.156. The lowest BCUT2D eigenvalue weighted by Gasteiger charge is -2.29. The van der Waals surface area contributed by atoms with Crippen molar-refractivity contribution in [3.63, 3.8) is 0 Å². The molecule has 1 aliphatic heterocycles. The Balaban J connectivity index is 1.86. The summed E-state index contributed by atoms with van der Waals surface area (Å²) in [5.41, 5.74) is 1.40. The van der Waals surface area contributed by atoms with Gasteiger partial charge in [-0.25, -0.2) is 4.98 Å². The average molecular weight is 273 g/mol. The van der Waals surface area contributed by atoms with E-state index in [0.717, 1.165) is 31.7 Å². The Labute approximate surface area is 119 Å². The fourth-order valence-corrected chi connectivity index (χ4v) is 2.25. The first-order valence-electron chi connectivity index (χ1n) is 6.71. The van der Waals surface area contributed by atoms with E-state index in [1.807, 2.05) is 29.0 Å². The van der Waals surface area contributed by atoms with Crippen molar-refractivity contribution in [2.45, 2.75) is 6.54 Å². The highest BCUT2D eigenvalue weighted by atomic mass is 16.2. The molecule has 6 nitrogen and oxygen atoms in total. The quantitative estimate of drug-likeness (QED) is 0.823. The first-order valence-corrected chi connectivity index (χ1v) is 6.71. The molecule has 0 saturated carbocycles. The van der Waals surface area contributed by atoms with Crippen LogP contribution >= 0.6 is 0 Å². The summed E-state index contributed by atoms with van der Waals surface area (Å²) in [4.78, 5) is 19.9. The maximum absolute atomic E-state index is 12.1. The third-order valence-corrected chi connectivity index (χ3v) is 3.27. The molecule has 0 bridgehead atoms. The standard InChI is InChI=1S/C14H19N5O/c1-18(10-12-2-3-17-13(8-12)9-15)11-14(20)19-6-4-16-5-7-19/h2-3,8,16H,4-7,10-11H2,1H3. The van der Waals surface area contributed by atoms with Crippen molar-refractivity contribution in [2.75, 3.05) is 39.8 Å². The minimum Gasteiger partial charge on any atom is -0.339 e. The molecule has 2 heterocycles. The molecule has 1 aromatic heterocycles. The number of nitrogens with zero attached hydrogens (tertiary/aromatic N) is 4. The Morgan fingerprint density at radius 2 is 2.30 bits per heavy atom. The predicted molar refractivity (Wildman–Crippen MR) is 74.7 cm³/mol. The van der Waals surface area contributed by atoms with Crippen LogP contribution in [0.4, 0.5) is 0 Å². The van der Waals surface area contributed by atoms with E-state index in [-0.39, 0.29) is 5.91 Å². The van der Waals surface area contributed by atoms with Crippen molar-refractivity contribution in [1.29, 1.82) is 5.26 Å². The van der Waals surface area contributed by atoms with E-state index in [1.54, 1.807) is 12.3 Å². The summed E-state index contributed by atoms with van der Waals surface area (Å²) in [6.07, 6.45) is 1.62. The van der Waals surface area contributed by atoms with Crippen LogP contribution in [0.3, 0.4) is 0 Å². The molecule has 1 saturated heterocycles. The number of nitriles is 1. The van der Waals surface area contributed by atoms with Gasteiger partial charge in [-0.3, -0.25) is 9.69 Å². The molecule has 1 N–H and O–H groups in total. The number of carbonyl (C=O) groups excluding carboxylic acids is 1. The van der Waals surface area contributed by atoms with Gasteiger partial charge in [0.1, 0.15) is 11.8 Å². The zero-order valence-electron chi connectivity index (χ0n) is 11.7. The molecule has 106 valence electrons. The van der Waals surface area contributed by atoms with Gasteiger partial charge in [-0.1, -0.05) is 0 Å². The Bertz CT molecular complexity index is 505. The summed E-state index contributed by atoms with van der Waals surface area (Å²) in [6, 6.07) is 5.64. The van der Waals surface area contributed by atoms with Crippen LogP contribution in [0.15, 0.2) is 18.3 Å². The van der Waals surface area contributed by atoms with Crippen molar-refractivity contribution >= 4 is 5.91 Å². The normalized spacial score (nSPS) is 15.2. The van der Waals surface area contributed by atoms with E-state index in [1.165, 1.54) is 0 Å². The molecule has 0 spiro atoms. The number of pyridine rings is 1. The summed E-state index contributed by atoms with van der Waals surface area (Å²) in [7, 11) is 1.91. The second kappa shape index (κ2) is 6.98. The Kier molecular flexibility index (Phi) is 5.04. The van der Waals surface area contributed by atoms with Crippen molar-refractivity contribution in [3.8, 4) is 6.07 Å². The van der Waals surface area contributed by atoms with E-state index in [4.69, 9.17) is 5.26 Å². The summed E-state index contributed by atoms with van der Waals surface area (Å²) < 4.78 is 0. The average Bonchev–Trinajstić information content (AvgIpc) is 2.48. The molecule has 2 rings (SSSR count). The fraction of sp³-hybridized carbons (Fsp3) is 0.500. The number of hydrogen-bond acceptors (Lipinski definition) is 5. The van der Waals surface area contributed by atoms with Crippen LogP contribution in [0, 0.1) is 11.3 Å². The maximum atomic E-state index is 12.1. The minimum absolute atomic E-state index is 0.156. The van der Waals surface area contributed by atoms with Crippen LogP contribution in [-0.4, -0.2) is 60.5 Å². The smallest absolute Gasteiger partial charge is 0.236 e. The van der Waals surface area contributed by atoms with Gasteiger partial charge in [0.25, 0.3) is 0 Å². The Morgan fingerprint density at radius 3 is 3.00 bits per heavy atom. The number of rotatable bonds is 4. The number of hydrogen-bond donors (Lipinski definition) is 1. The van der Waals surface area contributed by atoms with Crippen molar-refractivity contribution in [1.82, 2.24) is 20.1 Å². The van der Waals surface area contributed by atoms with E-state index in [9.17, 15) is 4.79 Å². The van der Waals surface area contributed by atoms with Crippen molar-refractivity contribution in [2.24, 2.45) is 0 Å². The molecule has 0 unspecified atom stereocenters. The number of nitrogens with one attached hydrogen (secondary N) is 1. The van der Waals surface area contributed by atoms with Crippen molar-refractivity contribution < 1.29 is 4.79 Å². The number of piperazine rings is 1. The molecule has 6 heteroatoms. The lowest BCUT2D eigenvalue weighted by Crippen LogP contribution is -2.49. The summed E-state index contributed by atoms with van der Waals surface area (Å²) in [5, 5.41) is 12.0. The molecular weight excluding hydrogens is 254 g/mol. The van der Waals surface area contributed by atoms with Crippen molar-refractivity contribution in [3.05, 3.63) is 29.6 Å². The molecule has 0 radical (unpaired) electrons. The highest BCUT2D eigenvalue weighted by Crippen LogP contribution is 2.05. The number of aromatic nitrogens is 1. The van der Waals surface area contributed by atoms with Gasteiger partial charge in [0, 0.05) is 38.9 Å². The van der Waals surface area contributed by atoms with Crippen LogP contribution in [-0.2, 0) is 11.3 Å². The third kappa shape index (κ3) is 4.02. The zero-order chi connectivity index (χ0) is 14.4. The second-order valence-electron chi connectivity index (χ2n) is 4.96. The molecule has 1 amide bonds. The van der Waals surface area contributed by atoms with E-state index in [0.29, 0.717) is 18.8 Å². The van der Waals surface area contributed by atoms with Crippen LogP contribution in [0.2, 0.25) is 0 Å². The van der Waals surface area contributed by atoms with Gasteiger partial charge >= 0.3 is 0 Å². The highest BCUT2D eigenvalue weighted by Gasteiger charge is 2.17. The number of carbonyl (C=O) groups is 1. The van der Waals surface area contributed by atoms with Gasteiger partial charge in [-0.05, 0) is 24.7 Å². The van der Waals surface area contributed by atoms with E-state index >= 15 is 0 Å². The van der Waals surface area contributed by atoms with Gasteiger partial charge in [0.05, 0.1) is 6.54 Å². The first kappa shape index (κ1) is 14.4. The SMILES string of the molecule is CN(CC(=O)N1CCNCC1)Cc1ccnc(C#N)c1. The molecule has 0 atom stereocenters. The second-order valence-corrected chi connectivity index (χ2v) is 4.96. The van der Waals surface area contributed by atoms with Crippen LogP contribution in [0.1, 0.15) is 11.3 Å². The molecule has 1 fully saturated rings. The van der Waals surface area contributed by atoms with E-state index < -0.39 is 0 Å². The number of amides is 1. The number of likely N-dealkylation sites (N-methyl/N-ethyl adjacent to an activating group) is 1.